The van der Waals surface area contributed by atoms with E-state index in [-0.39, 0.29) is 0 Å². The van der Waals surface area contributed by atoms with Crippen molar-refractivity contribution < 1.29 is 5.11 Å². The lowest BCUT2D eigenvalue weighted by Gasteiger charge is -2.15. The summed E-state index contributed by atoms with van der Waals surface area (Å²) < 4.78 is 0. The predicted octanol–water partition coefficient (Wildman–Crippen LogP) is 4.38. The molecule has 0 aliphatic rings. The van der Waals surface area contributed by atoms with E-state index >= 15 is 0 Å². The molecule has 0 radical (unpaired) electrons. The molecule has 3 heteroatoms. The number of aryl methyl sites for hydroxylation is 1. The highest BCUT2D eigenvalue weighted by Crippen LogP contribution is 2.33. The second kappa shape index (κ2) is 5.09. The van der Waals surface area contributed by atoms with Gasteiger partial charge in [-0.05, 0) is 24.6 Å². The molecule has 0 bridgehead atoms. The summed E-state index contributed by atoms with van der Waals surface area (Å²) in [5.41, 5.74) is 2.48. The standard InChI is InChI=1S/C14H12Cl2O/c1-9-5-7-10(8-6-9)14(17)13-11(15)3-2-4-12(13)16/h2-8,14,17H,1H3. The Balaban J connectivity index is 2.43. The van der Waals surface area contributed by atoms with E-state index in [4.69, 9.17) is 23.2 Å². The van der Waals surface area contributed by atoms with Crippen LogP contribution in [0.4, 0.5) is 0 Å². The molecule has 0 saturated carbocycles. The first-order valence-electron chi connectivity index (χ1n) is 5.28. The molecule has 0 aliphatic carbocycles. The van der Waals surface area contributed by atoms with Crippen molar-refractivity contribution in [1.82, 2.24) is 0 Å². The molecule has 1 unspecified atom stereocenters. The SMILES string of the molecule is Cc1ccc(C(O)c2c(Cl)cccc2Cl)cc1. The second-order valence-corrected chi connectivity index (χ2v) is 4.76. The minimum absolute atomic E-state index is 0.477. The third-order valence-electron chi connectivity index (χ3n) is 2.67. The Morgan fingerprint density at radius 3 is 2.00 bits per heavy atom. The maximum atomic E-state index is 10.3. The molecule has 0 saturated heterocycles. The molecule has 1 nitrogen and oxygen atoms in total. The Hall–Kier alpha value is -1.02. The van der Waals surface area contributed by atoms with Crippen LogP contribution in [-0.2, 0) is 0 Å². The van der Waals surface area contributed by atoms with Crippen molar-refractivity contribution in [2.75, 3.05) is 0 Å². The monoisotopic (exact) mass is 266 g/mol. The fourth-order valence-electron chi connectivity index (χ4n) is 1.69. The van der Waals surface area contributed by atoms with E-state index in [0.29, 0.717) is 15.6 Å². The van der Waals surface area contributed by atoms with Crippen LogP contribution in [0.5, 0.6) is 0 Å². The van der Waals surface area contributed by atoms with Gasteiger partial charge in [0.2, 0.25) is 0 Å². The number of benzene rings is 2. The summed E-state index contributed by atoms with van der Waals surface area (Å²) in [4.78, 5) is 0. The first-order chi connectivity index (χ1) is 8.09. The van der Waals surface area contributed by atoms with Crippen LogP contribution in [0.3, 0.4) is 0 Å². The lowest BCUT2D eigenvalue weighted by molar-refractivity contribution is 0.220. The minimum atomic E-state index is -0.795. The summed E-state index contributed by atoms with van der Waals surface area (Å²) >= 11 is 12.1. The first-order valence-corrected chi connectivity index (χ1v) is 6.03. The fraction of sp³-hybridized carbons (Fsp3) is 0.143. The zero-order valence-electron chi connectivity index (χ0n) is 9.32. The largest absolute Gasteiger partial charge is 0.384 e. The van der Waals surface area contributed by atoms with Gasteiger partial charge in [-0.25, -0.2) is 0 Å². The van der Waals surface area contributed by atoms with Gasteiger partial charge in [0.25, 0.3) is 0 Å². The van der Waals surface area contributed by atoms with Crippen molar-refractivity contribution in [3.05, 3.63) is 69.2 Å². The van der Waals surface area contributed by atoms with Crippen LogP contribution in [0.15, 0.2) is 42.5 Å². The maximum absolute atomic E-state index is 10.3. The predicted molar refractivity (Wildman–Crippen MR) is 71.7 cm³/mol. The van der Waals surface area contributed by atoms with Crippen molar-refractivity contribution in [2.45, 2.75) is 13.0 Å². The average Bonchev–Trinajstić information content (AvgIpc) is 2.29. The summed E-state index contributed by atoms with van der Waals surface area (Å²) in [5, 5.41) is 11.2. The van der Waals surface area contributed by atoms with Crippen molar-refractivity contribution in [2.24, 2.45) is 0 Å². The highest BCUT2D eigenvalue weighted by atomic mass is 35.5. The third kappa shape index (κ3) is 2.63. The van der Waals surface area contributed by atoms with Crippen LogP contribution in [0.2, 0.25) is 10.0 Å². The van der Waals surface area contributed by atoms with Gasteiger partial charge in [-0.3, -0.25) is 0 Å². The van der Waals surface area contributed by atoms with Gasteiger partial charge < -0.3 is 5.11 Å². The van der Waals surface area contributed by atoms with Crippen LogP contribution >= 0.6 is 23.2 Å². The van der Waals surface area contributed by atoms with E-state index in [1.165, 1.54) is 0 Å². The average molecular weight is 267 g/mol. The number of aliphatic hydroxyl groups excluding tert-OH is 1. The zero-order valence-corrected chi connectivity index (χ0v) is 10.8. The molecule has 0 spiro atoms. The van der Waals surface area contributed by atoms with Gasteiger partial charge in [0, 0.05) is 15.6 Å². The van der Waals surface area contributed by atoms with Gasteiger partial charge in [0.05, 0.1) is 0 Å². The quantitative estimate of drug-likeness (QED) is 0.855. The molecular formula is C14H12Cl2O. The summed E-state index contributed by atoms with van der Waals surface area (Å²) in [6.07, 6.45) is -0.795. The molecule has 0 aromatic heterocycles. The van der Waals surface area contributed by atoms with Crippen LogP contribution in [0.1, 0.15) is 22.8 Å². The molecule has 1 N–H and O–H groups in total. The van der Waals surface area contributed by atoms with Gasteiger partial charge in [-0.1, -0.05) is 59.1 Å². The Labute approximate surface area is 111 Å². The second-order valence-electron chi connectivity index (χ2n) is 3.95. The van der Waals surface area contributed by atoms with E-state index in [2.05, 4.69) is 0 Å². The Bertz CT molecular complexity index is 500. The van der Waals surface area contributed by atoms with E-state index in [9.17, 15) is 5.11 Å². The first kappa shape index (κ1) is 12.4. The van der Waals surface area contributed by atoms with Crippen molar-refractivity contribution >= 4 is 23.2 Å². The van der Waals surface area contributed by atoms with Crippen LogP contribution < -0.4 is 0 Å². The Morgan fingerprint density at radius 2 is 1.47 bits per heavy atom. The van der Waals surface area contributed by atoms with Gasteiger partial charge in [0.15, 0.2) is 0 Å². The van der Waals surface area contributed by atoms with Gasteiger partial charge in [-0.2, -0.15) is 0 Å². The Morgan fingerprint density at radius 1 is 0.941 bits per heavy atom. The molecule has 88 valence electrons. The molecular weight excluding hydrogens is 255 g/mol. The van der Waals surface area contributed by atoms with Gasteiger partial charge in [0.1, 0.15) is 6.10 Å². The van der Waals surface area contributed by atoms with Crippen LogP contribution in [-0.4, -0.2) is 5.11 Å². The van der Waals surface area contributed by atoms with Gasteiger partial charge >= 0.3 is 0 Å². The summed E-state index contributed by atoms with van der Waals surface area (Å²) in [6, 6.07) is 12.8. The molecule has 17 heavy (non-hydrogen) atoms. The maximum Gasteiger partial charge on any atom is 0.107 e. The highest BCUT2D eigenvalue weighted by Gasteiger charge is 2.16. The van der Waals surface area contributed by atoms with E-state index in [1.54, 1.807) is 18.2 Å². The highest BCUT2D eigenvalue weighted by molar-refractivity contribution is 6.36. The zero-order chi connectivity index (χ0) is 12.4. The number of hydrogen-bond donors (Lipinski definition) is 1. The van der Waals surface area contributed by atoms with E-state index < -0.39 is 6.10 Å². The van der Waals surface area contributed by atoms with Crippen molar-refractivity contribution in [1.29, 1.82) is 0 Å². The lowest BCUT2D eigenvalue weighted by atomic mass is 10.0. The van der Waals surface area contributed by atoms with Crippen LogP contribution in [0, 0.1) is 6.92 Å². The van der Waals surface area contributed by atoms with E-state index in [0.717, 1.165) is 11.1 Å². The smallest absolute Gasteiger partial charge is 0.107 e. The van der Waals surface area contributed by atoms with Gasteiger partial charge in [-0.15, -0.1) is 0 Å². The third-order valence-corrected chi connectivity index (χ3v) is 3.33. The molecule has 0 heterocycles. The summed E-state index contributed by atoms with van der Waals surface area (Å²) in [5.74, 6) is 0. The molecule has 0 amide bonds. The molecule has 2 aromatic carbocycles. The normalized spacial score (nSPS) is 12.5. The van der Waals surface area contributed by atoms with E-state index in [1.807, 2.05) is 31.2 Å². The van der Waals surface area contributed by atoms with Crippen molar-refractivity contribution in [3.63, 3.8) is 0 Å². The van der Waals surface area contributed by atoms with Crippen molar-refractivity contribution in [3.8, 4) is 0 Å². The molecule has 1 atom stereocenters. The number of halogens is 2. The number of rotatable bonds is 2. The molecule has 0 aliphatic heterocycles. The summed E-state index contributed by atoms with van der Waals surface area (Å²) in [7, 11) is 0. The Kier molecular flexibility index (Phi) is 3.72. The molecule has 2 rings (SSSR count). The topological polar surface area (TPSA) is 20.2 Å². The summed E-state index contributed by atoms with van der Waals surface area (Å²) in [6.45, 7) is 2.00. The number of aliphatic hydroxyl groups is 1. The molecule has 2 aromatic rings. The molecule has 0 fully saturated rings. The van der Waals surface area contributed by atoms with Crippen LogP contribution in [0.25, 0.3) is 0 Å². The fourth-order valence-corrected chi connectivity index (χ4v) is 2.29. The number of hydrogen-bond acceptors (Lipinski definition) is 1. The lowest BCUT2D eigenvalue weighted by Crippen LogP contribution is -2.01. The minimum Gasteiger partial charge on any atom is -0.384 e.